The molecule has 86 valence electrons. The van der Waals surface area contributed by atoms with Crippen molar-refractivity contribution in [2.75, 3.05) is 13.2 Å². The maximum absolute atomic E-state index is 11.2. The Balaban J connectivity index is 2.41. The van der Waals surface area contributed by atoms with Crippen molar-refractivity contribution < 1.29 is 14.3 Å². The molecule has 0 aliphatic rings. The lowest BCUT2D eigenvalue weighted by Crippen LogP contribution is -2.12. The van der Waals surface area contributed by atoms with E-state index in [2.05, 4.69) is 9.47 Å². The fourth-order valence-corrected chi connectivity index (χ4v) is 0.995. The quantitative estimate of drug-likeness (QED) is 0.726. The summed E-state index contributed by atoms with van der Waals surface area (Å²) in [6.07, 6.45) is 3.98. The zero-order valence-corrected chi connectivity index (χ0v) is 8.96. The van der Waals surface area contributed by atoms with Crippen LogP contribution in [-0.2, 0) is 9.47 Å². The minimum Gasteiger partial charge on any atom is -0.435 e. The van der Waals surface area contributed by atoms with Crippen molar-refractivity contribution in [2.24, 2.45) is 0 Å². The maximum Gasteiger partial charge on any atom is 0.508 e. The van der Waals surface area contributed by atoms with Crippen molar-refractivity contribution in [3.05, 3.63) is 40.8 Å². The second kappa shape index (κ2) is 6.44. The first-order valence-electron chi connectivity index (χ1n) is 4.87. The standard InChI is InChI=1S/C11H13NO4/c1-2-15-11(14)16-9-5-8-12-7-4-3-6-10(12)13/h3-8H,2,9H2,1H3/b8-5+. The van der Waals surface area contributed by atoms with Crippen LogP contribution in [0.1, 0.15) is 6.92 Å². The van der Waals surface area contributed by atoms with Crippen molar-refractivity contribution in [3.8, 4) is 0 Å². The number of carbonyl (C=O) groups excluding carboxylic acids is 1. The monoisotopic (exact) mass is 223 g/mol. The zero-order valence-electron chi connectivity index (χ0n) is 8.96. The van der Waals surface area contributed by atoms with Gasteiger partial charge in [-0.3, -0.25) is 9.36 Å². The summed E-state index contributed by atoms with van der Waals surface area (Å²) in [5.74, 6) is 0. The van der Waals surface area contributed by atoms with Gasteiger partial charge in [0.05, 0.1) is 6.61 Å². The van der Waals surface area contributed by atoms with Gasteiger partial charge in [-0.2, -0.15) is 0 Å². The fourth-order valence-electron chi connectivity index (χ4n) is 0.995. The van der Waals surface area contributed by atoms with Crippen LogP contribution in [0.5, 0.6) is 0 Å². The normalized spacial score (nSPS) is 10.3. The predicted octanol–water partition coefficient (Wildman–Crippen LogP) is 1.49. The van der Waals surface area contributed by atoms with E-state index in [1.807, 2.05) is 0 Å². The van der Waals surface area contributed by atoms with E-state index in [0.29, 0.717) is 0 Å². The minimum absolute atomic E-state index is 0.0696. The highest BCUT2D eigenvalue weighted by Crippen LogP contribution is 1.88. The van der Waals surface area contributed by atoms with Crippen molar-refractivity contribution in [2.45, 2.75) is 6.92 Å². The molecule has 1 rings (SSSR count). The molecular weight excluding hydrogens is 210 g/mol. The van der Waals surface area contributed by atoms with Gasteiger partial charge >= 0.3 is 6.16 Å². The Morgan fingerprint density at radius 3 is 2.94 bits per heavy atom. The molecule has 0 spiro atoms. The molecule has 0 N–H and O–H groups in total. The number of pyridine rings is 1. The van der Waals surface area contributed by atoms with Gasteiger partial charge in [0.25, 0.3) is 5.56 Å². The molecule has 5 nitrogen and oxygen atoms in total. The minimum atomic E-state index is -0.715. The highest BCUT2D eigenvalue weighted by atomic mass is 16.7. The van der Waals surface area contributed by atoms with Crippen LogP contribution in [0.4, 0.5) is 4.79 Å². The van der Waals surface area contributed by atoms with Crippen LogP contribution in [0.25, 0.3) is 6.20 Å². The lowest BCUT2D eigenvalue weighted by atomic mass is 10.5. The largest absolute Gasteiger partial charge is 0.508 e. The number of hydrogen-bond donors (Lipinski definition) is 0. The molecule has 0 amide bonds. The van der Waals surface area contributed by atoms with Gasteiger partial charge in [-0.25, -0.2) is 4.79 Å². The first-order valence-corrected chi connectivity index (χ1v) is 4.87. The average Bonchev–Trinajstić information content (AvgIpc) is 2.27. The van der Waals surface area contributed by atoms with Crippen LogP contribution in [0, 0.1) is 0 Å². The molecule has 0 radical (unpaired) electrons. The molecule has 0 aliphatic heterocycles. The van der Waals surface area contributed by atoms with Gasteiger partial charge in [0.15, 0.2) is 0 Å². The summed E-state index contributed by atoms with van der Waals surface area (Å²) in [5.41, 5.74) is -0.144. The summed E-state index contributed by atoms with van der Waals surface area (Å²) in [5, 5.41) is 0. The molecular formula is C11H13NO4. The van der Waals surface area contributed by atoms with E-state index in [0.717, 1.165) is 0 Å². The lowest BCUT2D eigenvalue weighted by Gasteiger charge is -2.00. The van der Waals surface area contributed by atoms with E-state index in [1.54, 1.807) is 31.3 Å². The van der Waals surface area contributed by atoms with E-state index in [4.69, 9.17) is 0 Å². The van der Waals surface area contributed by atoms with Crippen LogP contribution in [-0.4, -0.2) is 23.9 Å². The van der Waals surface area contributed by atoms with E-state index < -0.39 is 6.16 Å². The summed E-state index contributed by atoms with van der Waals surface area (Å²) in [4.78, 5) is 22.0. The molecule has 16 heavy (non-hydrogen) atoms. The molecule has 1 aromatic heterocycles. The lowest BCUT2D eigenvalue weighted by molar-refractivity contribution is 0.0674. The second-order valence-corrected chi connectivity index (χ2v) is 2.82. The molecule has 0 saturated carbocycles. The van der Waals surface area contributed by atoms with Crippen LogP contribution < -0.4 is 5.56 Å². The van der Waals surface area contributed by atoms with Gasteiger partial charge in [-0.05, 0) is 19.1 Å². The summed E-state index contributed by atoms with van der Waals surface area (Å²) >= 11 is 0. The van der Waals surface area contributed by atoms with E-state index in [1.165, 1.54) is 16.8 Å². The van der Waals surface area contributed by atoms with Crippen LogP contribution >= 0.6 is 0 Å². The number of rotatable bonds is 4. The van der Waals surface area contributed by atoms with Crippen LogP contribution in [0.3, 0.4) is 0 Å². The first kappa shape index (κ1) is 12.0. The van der Waals surface area contributed by atoms with Crippen molar-refractivity contribution >= 4 is 12.4 Å². The number of aromatic nitrogens is 1. The second-order valence-electron chi connectivity index (χ2n) is 2.82. The average molecular weight is 223 g/mol. The third-order valence-corrected chi connectivity index (χ3v) is 1.68. The Kier molecular flexibility index (Phi) is 4.85. The van der Waals surface area contributed by atoms with E-state index in [9.17, 15) is 9.59 Å². The molecule has 0 unspecified atom stereocenters. The molecule has 0 aromatic carbocycles. The van der Waals surface area contributed by atoms with Gasteiger partial charge in [0.2, 0.25) is 0 Å². The fraction of sp³-hybridized carbons (Fsp3) is 0.273. The number of nitrogens with zero attached hydrogens (tertiary/aromatic N) is 1. The SMILES string of the molecule is CCOC(=O)OC/C=C/n1ccccc1=O. The maximum atomic E-state index is 11.2. The van der Waals surface area contributed by atoms with Crippen molar-refractivity contribution in [3.63, 3.8) is 0 Å². The molecule has 0 fully saturated rings. The van der Waals surface area contributed by atoms with E-state index >= 15 is 0 Å². The van der Waals surface area contributed by atoms with Gasteiger partial charge < -0.3 is 9.47 Å². The number of carbonyl (C=O) groups is 1. The molecule has 1 aromatic rings. The Labute approximate surface area is 92.9 Å². The first-order chi connectivity index (χ1) is 7.74. The Bertz CT molecular complexity index is 422. The molecule has 0 atom stereocenters. The van der Waals surface area contributed by atoms with Crippen LogP contribution in [0.2, 0.25) is 0 Å². The third kappa shape index (κ3) is 4.00. The molecule has 1 heterocycles. The van der Waals surface area contributed by atoms with E-state index in [-0.39, 0.29) is 18.8 Å². The smallest absolute Gasteiger partial charge is 0.435 e. The summed E-state index contributed by atoms with van der Waals surface area (Å²) in [7, 11) is 0. The van der Waals surface area contributed by atoms with Gasteiger partial charge in [-0.1, -0.05) is 6.07 Å². The Morgan fingerprint density at radius 2 is 2.25 bits per heavy atom. The summed E-state index contributed by atoms with van der Waals surface area (Å²) in [6, 6.07) is 4.83. The Morgan fingerprint density at radius 1 is 1.44 bits per heavy atom. The Hall–Kier alpha value is -2.04. The summed E-state index contributed by atoms with van der Waals surface area (Å²) < 4.78 is 10.6. The predicted molar refractivity (Wildman–Crippen MR) is 59.0 cm³/mol. The molecule has 0 saturated heterocycles. The van der Waals surface area contributed by atoms with Gasteiger partial charge in [-0.15, -0.1) is 0 Å². The van der Waals surface area contributed by atoms with Gasteiger partial charge in [0, 0.05) is 18.5 Å². The molecule has 5 heteroatoms. The number of hydrogen-bond acceptors (Lipinski definition) is 4. The summed E-state index contributed by atoms with van der Waals surface area (Å²) in [6.45, 7) is 2.04. The zero-order chi connectivity index (χ0) is 11.8. The number of ether oxygens (including phenoxy) is 2. The van der Waals surface area contributed by atoms with Crippen LogP contribution in [0.15, 0.2) is 35.3 Å². The van der Waals surface area contributed by atoms with Crippen molar-refractivity contribution in [1.82, 2.24) is 4.57 Å². The molecule has 0 aliphatic carbocycles. The van der Waals surface area contributed by atoms with Crippen molar-refractivity contribution in [1.29, 1.82) is 0 Å². The topological polar surface area (TPSA) is 57.5 Å². The highest BCUT2D eigenvalue weighted by Gasteiger charge is 1.98. The highest BCUT2D eigenvalue weighted by molar-refractivity contribution is 5.59. The third-order valence-electron chi connectivity index (χ3n) is 1.68. The molecule has 0 bridgehead atoms. The van der Waals surface area contributed by atoms with Gasteiger partial charge in [0.1, 0.15) is 6.61 Å².